The quantitative estimate of drug-likeness (QED) is 0.459. The number of ether oxygens (including phenoxy) is 1. The molecule has 1 fully saturated rings. The number of nitro benzene ring substituents is 1. The molecular weight excluding hydrogens is 226 g/mol. The van der Waals surface area contributed by atoms with E-state index in [-0.39, 0.29) is 5.56 Å². The highest BCUT2D eigenvalue weighted by molar-refractivity contribution is 6.33. The molecule has 1 aromatic carbocycles. The van der Waals surface area contributed by atoms with E-state index in [0.717, 1.165) is 6.07 Å². The number of halogens is 1. The molecule has 1 heterocycles. The maximum Gasteiger partial charge on any atom is 0.318 e. The molecule has 1 atom stereocenters. The van der Waals surface area contributed by atoms with Gasteiger partial charge in [0.15, 0.2) is 0 Å². The van der Waals surface area contributed by atoms with Gasteiger partial charge in [0.1, 0.15) is 16.9 Å². The van der Waals surface area contributed by atoms with E-state index in [1.54, 1.807) is 0 Å². The van der Waals surface area contributed by atoms with E-state index in [4.69, 9.17) is 16.3 Å². The second-order valence-corrected chi connectivity index (χ2v) is 3.45. The fourth-order valence-electron chi connectivity index (χ4n) is 1.31. The van der Waals surface area contributed by atoms with Crippen LogP contribution in [0.1, 0.15) is 11.7 Å². The van der Waals surface area contributed by atoms with Crippen LogP contribution in [-0.4, -0.2) is 21.7 Å². The summed E-state index contributed by atoms with van der Waals surface area (Å²) >= 11 is 5.48. The smallest absolute Gasteiger partial charge is 0.318 e. The molecule has 0 unspecified atom stereocenters. The minimum Gasteiger partial charge on any atom is -0.506 e. The van der Waals surface area contributed by atoms with Crippen molar-refractivity contribution in [3.05, 3.63) is 26.8 Å². The van der Waals surface area contributed by atoms with Gasteiger partial charge in [0, 0.05) is 0 Å². The van der Waals surface area contributed by atoms with E-state index in [2.05, 4.69) is 0 Å². The van der Waals surface area contributed by atoms with Gasteiger partial charge in [-0.1, -0.05) is 11.6 Å². The summed E-state index contributed by atoms with van der Waals surface area (Å²) in [6.45, 7) is 0.335. The number of rotatable bonds is 2. The Labute approximate surface area is 88.8 Å². The van der Waals surface area contributed by atoms with E-state index in [1.807, 2.05) is 0 Å². The van der Waals surface area contributed by atoms with Crippen molar-refractivity contribution in [3.63, 3.8) is 0 Å². The summed E-state index contributed by atoms with van der Waals surface area (Å²) in [4.78, 5) is 9.94. The lowest BCUT2D eigenvalue weighted by molar-refractivity contribution is -0.386. The normalized spacial score (nSPS) is 18.9. The Hall–Kier alpha value is -1.53. The summed E-state index contributed by atoms with van der Waals surface area (Å²) in [5, 5.41) is 29.0. The molecule has 1 aliphatic rings. The Morgan fingerprint density at radius 3 is 2.67 bits per heavy atom. The Bertz CT molecular complexity index is 443. The summed E-state index contributed by atoms with van der Waals surface area (Å²) in [6, 6.07) is 1.14. The number of aromatic hydroxyl groups is 2. The van der Waals surface area contributed by atoms with Gasteiger partial charge in [0.25, 0.3) is 0 Å². The van der Waals surface area contributed by atoms with E-state index in [9.17, 15) is 20.3 Å². The van der Waals surface area contributed by atoms with Crippen LogP contribution < -0.4 is 0 Å². The second-order valence-electron chi connectivity index (χ2n) is 3.08. The molecule has 0 radical (unpaired) electrons. The molecule has 15 heavy (non-hydrogen) atoms. The Morgan fingerprint density at radius 2 is 2.20 bits per heavy atom. The third kappa shape index (κ3) is 1.57. The summed E-state index contributed by atoms with van der Waals surface area (Å²) in [5.74, 6) is -1.13. The number of epoxide rings is 1. The van der Waals surface area contributed by atoms with Crippen LogP contribution in [0, 0.1) is 10.1 Å². The lowest BCUT2D eigenvalue weighted by Crippen LogP contribution is -1.96. The van der Waals surface area contributed by atoms with Gasteiger partial charge < -0.3 is 14.9 Å². The van der Waals surface area contributed by atoms with Crippen LogP contribution in [0.25, 0.3) is 0 Å². The van der Waals surface area contributed by atoms with Crippen LogP contribution in [0.4, 0.5) is 5.69 Å². The zero-order valence-electron chi connectivity index (χ0n) is 7.31. The highest BCUT2D eigenvalue weighted by Crippen LogP contribution is 2.47. The number of phenols is 2. The molecule has 6 nitrogen and oxygen atoms in total. The highest BCUT2D eigenvalue weighted by atomic mass is 35.5. The first-order valence-electron chi connectivity index (χ1n) is 4.02. The molecule has 80 valence electrons. The molecule has 0 aliphatic carbocycles. The number of nitro groups is 1. The van der Waals surface area contributed by atoms with E-state index in [1.165, 1.54) is 0 Å². The average molecular weight is 232 g/mol. The molecule has 1 aliphatic heterocycles. The van der Waals surface area contributed by atoms with E-state index in [0.29, 0.717) is 6.61 Å². The molecular formula is C8H6ClNO5. The molecule has 7 heteroatoms. The van der Waals surface area contributed by atoms with Gasteiger partial charge in [-0.2, -0.15) is 0 Å². The van der Waals surface area contributed by atoms with Crippen molar-refractivity contribution in [1.82, 2.24) is 0 Å². The summed E-state index contributed by atoms with van der Waals surface area (Å²) in [5.41, 5.74) is -0.375. The zero-order valence-corrected chi connectivity index (χ0v) is 8.06. The minimum atomic E-state index is -0.752. The third-order valence-corrected chi connectivity index (χ3v) is 2.46. The van der Waals surface area contributed by atoms with Crippen LogP contribution in [0.15, 0.2) is 6.07 Å². The molecule has 0 amide bonds. The van der Waals surface area contributed by atoms with E-state index < -0.39 is 33.2 Å². The monoisotopic (exact) mass is 231 g/mol. The summed E-state index contributed by atoms with van der Waals surface area (Å²) < 4.78 is 4.87. The third-order valence-electron chi connectivity index (χ3n) is 2.09. The fourth-order valence-corrected chi connectivity index (χ4v) is 1.45. The molecule has 0 saturated carbocycles. The van der Waals surface area contributed by atoms with Crippen molar-refractivity contribution in [2.24, 2.45) is 0 Å². The Kier molecular flexibility index (Phi) is 2.17. The molecule has 2 N–H and O–H groups in total. The van der Waals surface area contributed by atoms with Gasteiger partial charge in [-0.25, -0.2) is 0 Å². The molecule has 0 spiro atoms. The predicted molar refractivity (Wildman–Crippen MR) is 50.1 cm³/mol. The number of nitrogens with zero attached hydrogens (tertiary/aromatic N) is 1. The predicted octanol–water partition coefficient (Wildman–Crippen LogP) is 1.73. The van der Waals surface area contributed by atoms with Crippen molar-refractivity contribution in [2.45, 2.75) is 6.10 Å². The van der Waals surface area contributed by atoms with Crippen LogP contribution in [0.2, 0.25) is 5.02 Å². The van der Waals surface area contributed by atoms with Gasteiger partial charge in [-0.15, -0.1) is 0 Å². The second kappa shape index (κ2) is 3.25. The average Bonchev–Trinajstić information content (AvgIpc) is 2.95. The van der Waals surface area contributed by atoms with Crippen molar-refractivity contribution >= 4 is 17.3 Å². The summed E-state index contributed by atoms with van der Waals surface area (Å²) in [6.07, 6.45) is -0.445. The fraction of sp³-hybridized carbons (Fsp3) is 0.250. The van der Waals surface area contributed by atoms with Crippen LogP contribution >= 0.6 is 11.6 Å². The van der Waals surface area contributed by atoms with E-state index >= 15 is 0 Å². The standard InChI is InChI=1S/C8H6ClNO5/c9-6-4(11)1-3(5-2-15-5)7(8(6)12)10(13)14/h1,5,11-12H,2H2/t5-/m1/s1. The van der Waals surface area contributed by atoms with Gasteiger partial charge in [0.2, 0.25) is 5.75 Å². The first kappa shape index (κ1) is 10.0. The highest BCUT2D eigenvalue weighted by Gasteiger charge is 2.36. The lowest BCUT2D eigenvalue weighted by Gasteiger charge is -2.05. The lowest BCUT2D eigenvalue weighted by atomic mass is 10.1. The van der Waals surface area contributed by atoms with Gasteiger partial charge >= 0.3 is 5.69 Å². The van der Waals surface area contributed by atoms with Crippen molar-refractivity contribution < 1.29 is 19.9 Å². The molecule has 2 rings (SSSR count). The van der Waals surface area contributed by atoms with Crippen molar-refractivity contribution in [2.75, 3.05) is 6.61 Å². The first-order chi connectivity index (χ1) is 7.02. The Morgan fingerprint density at radius 1 is 1.60 bits per heavy atom. The maximum atomic E-state index is 10.7. The summed E-state index contributed by atoms with van der Waals surface area (Å²) in [7, 11) is 0. The van der Waals surface area contributed by atoms with Gasteiger partial charge in [-0.3, -0.25) is 10.1 Å². The number of hydrogen-bond acceptors (Lipinski definition) is 5. The molecule has 1 saturated heterocycles. The molecule has 0 bridgehead atoms. The number of benzene rings is 1. The molecule has 0 aromatic heterocycles. The zero-order chi connectivity index (χ0) is 11.2. The Balaban J connectivity index is 2.66. The topological polar surface area (TPSA) is 96.1 Å². The van der Waals surface area contributed by atoms with Crippen molar-refractivity contribution in [1.29, 1.82) is 0 Å². The van der Waals surface area contributed by atoms with Gasteiger partial charge in [0.05, 0.1) is 17.1 Å². The molecule has 1 aromatic rings. The maximum absolute atomic E-state index is 10.7. The van der Waals surface area contributed by atoms with Crippen LogP contribution in [-0.2, 0) is 4.74 Å². The minimum absolute atomic E-state index is 0.138. The number of hydrogen-bond donors (Lipinski definition) is 2. The van der Waals surface area contributed by atoms with Crippen LogP contribution in [0.5, 0.6) is 11.5 Å². The number of phenolic OH excluding ortho intramolecular Hbond substituents is 2. The SMILES string of the molecule is O=[N+]([O-])c1c([C@H]2CO2)cc(O)c(Cl)c1O. The van der Waals surface area contributed by atoms with Gasteiger partial charge in [-0.05, 0) is 6.07 Å². The van der Waals surface area contributed by atoms with Crippen LogP contribution in [0.3, 0.4) is 0 Å². The van der Waals surface area contributed by atoms with Crippen molar-refractivity contribution in [3.8, 4) is 11.5 Å². The largest absolute Gasteiger partial charge is 0.506 e. The first-order valence-corrected chi connectivity index (χ1v) is 4.40.